The fourth-order valence-corrected chi connectivity index (χ4v) is 2.65. The van der Waals surface area contributed by atoms with Crippen LogP contribution in [0.3, 0.4) is 0 Å². The van der Waals surface area contributed by atoms with Gasteiger partial charge in [-0.05, 0) is 62.3 Å². The molecule has 0 amide bonds. The zero-order valence-corrected chi connectivity index (χ0v) is 11.3. The molecule has 1 nitrogen and oxygen atoms in total. The smallest absolute Gasteiger partial charge is 0.0291 e. The summed E-state index contributed by atoms with van der Waals surface area (Å²) in [6.07, 6.45) is 12.3. The second kappa shape index (κ2) is 6.61. The lowest BCUT2D eigenvalue weighted by atomic mass is 10.0. The molecule has 96 valence electrons. The number of fused-ring (bicyclic) bond motifs is 1. The van der Waals surface area contributed by atoms with Gasteiger partial charge in [0, 0.05) is 12.5 Å². The number of hydrogen-bond donors (Lipinski definition) is 1. The van der Waals surface area contributed by atoms with Crippen molar-refractivity contribution in [2.75, 3.05) is 6.54 Å². The summed E-state index contributed by atoms with van der Waals surface area (Å²) in [7, 11) is 0. The maximum absolute atomic E-state index is 5.24. The van der Waals surface area contributed by atoms with Crippen LogP contribution in [-0.4, -0.2) is 6.54 Å². The molecular weight excluding hydrogens is 218 g/mol. The zero-order chi connectivity index (χ0) is 12.8. The molecule has 0 saturated carbocycles. The Kier molecular flexibility index (Phi) is 4.84. The van der Waals surface area contributed by atoms with Crippen molar-refractivity contribution in [3.05, 3.63) is 34.9 Å². The SMILES string of the molecule is C#CCCCCNC(C)c1ccc2c(c1)CCC2. The molecule has 0 saturated heterocycles. The van der Waals surface area contributed by atoms with Crippen molar-refractivity contribution >= 4 is 0 Å². The summed E-state index contributed by atoms with van der Waals surface area (Å²) >= 11 is 0. The van der Waals surface area contributed by atoms with E-state index in [0.29, 0.717) is 6.04 Å². The molecule has 1 unspecified atom stereocenters. The fourth-order valence-electron chi connectivity index (χ4n) is 2.65. The van der Waals surface area contributed by atoms with Crippen molar-refractivity contribution in [3.8, 4) is 12.3 Å². The molecule has 0 aliphatic heterocycles. The largest absolute Gasteiger partial charge is 0.310 e. The lowest BCUT2D eigenvalue weighted by Crippen LogP contribution is -2.19. The summed E-state index contributed by atoms with van der Waals surface area (Å²) in [4.78, 5) is 0. The predicted octanol–water partition coefficient (Wildman–Crippen LogP) is 3.63. The molecule has 2 rings (SSSR count). The minimum Gasteiger partial charge on any atom is -0.310 e. The maximum atomic E-state index is 5.24. The van der Waals surface area contributed by atoms with Crippen LogP contribution >= 0.6 is 0 Å². The highest BCUT2D eigenvalue weighted by molar-refractivity contribution is 5.36. The molecule has 1 aliphatic carbocycles. The van der Waals surface area contributed by atoms with Crippen LogP contribution in [0.1, 0.15) is 55.3 Å². The van der Waals surface area contributed by atoms with Crippen LogP contribution < -0.4 is 5.32 Å². The molecule has 0 heterocycles. The number of benzene rings is 1. The van der Waals surface area contributed by atoms with E-state index in [0.717, 1.165) is 19.4 Å². The third kappa shape index (κ3) is 3.37. The summed E-state index contributed by atoms with van der Waals surface area (Å²) < 4.78 is 0. The van der Waals surface area contributed by atoms with Crippen molar-refractivity contribution in [1.82, 2.24) is 5.32 Å². The van der Waals surface area contributed by atoms with Gasteiger partial charge in [0.05, 0.1) is 0 Å². The van der Waals surface area contributed by atoms with E-state index in [4.69, 9.17) is 6.42 Å². The fraction of sp³-hybridized carbons (Fsp3) is 0.529. The van der Waals surface area contributed by atoms with Gasteiger partial charge in [0.15, 0.2) is 0 Å². The van der Waals surface area contributed by atoms with Crippen LogP contribution in [0, 0.1) is 12.3 Å². The lowest BCUT2D eigenvalue weighted by Gasteiger charge is -2.15. The van der Waals surface area contributed by atoms with E-state index in [-0.39, 0.29) is 0 Å². The van der Waals surface area contributed by atoms with Gasteiger partial charge >= 0.3 is 0 Å². The quantitative estimate of drug-likeness (QED) is 0.592. The normalized spacial score (nSPS) is 15.1. The number of terminal acetylenes is 1. The highest BCUT2D eigenvalue weighted by Crippen LogP contribution is 2.25. The minimum absolute atomic E-state index is 0.446. The third-order valence-electron chi connectivity index (χ3n) is 3.82. The summed E-state index contributed by atoms with van der Waals surface area (Å²) in [6, 6.07) is 7.43. The molecule has 1 N–H and O–H groups in total. The Morgan fingerprint density at radius 1 is 1.28 bits per heavy atom. The van der Waals surface area contributed by atoms with Gasteiger partial charge in [0.1, 0.15) is 0 Å². The van der Waals surface area contributed by atoms with Crippen molar-refractivity contribution in [3.63, 3.8) is 0 Å². The predicted molar refractivity (Wildman–Crippen MR) is 77.6 cm³/mol. The van der Waals surface area contributed by atoms with E-state index in [1.165, 1.54) is 31.2 Å². The lowest BCUT2D eigenvalue weighted by molar-refractivity contribution is 0.549. The summed E-state index contributed by atoms with van der Waals surface area (Å²) in [5, 5.41) is 3.58. The van der Waals surface area contributed by atoms with Gasteiger partial charge in [-0.2, -0.15) is 0 Å². The van der Waals surface area contributed by atoms with Crippen molar-refractivity contribution in [1.29, 1.82) is 0 Å². The molecular formula is C17H23N. The molecule has 1 heteroatoms. The monoisotopic (exact) mass is 241 g/mol. The van der Waals surface area contributed by atoms with E-state index >= 15 is 0 Å². The maximum Gasteiger partial charge on any atom is 0.0291 e. The number of aryl methyl sites for hydroxylation is 2. The molecule has 0 spiro atoms. The number of unbranched alkanes of at least 4 members (excludes halogenated alkanes) is 2. The number of rotatable bonds is 6. The molecule has 0 bridgehead atoms. The van der Waals surface area contributed by atoms with Crippen LogP contribution in [-0.2, 0) is 12.8 Å². The van der Waals surface area contributed by atoms with Crippen LogP contribution in [0.25, 0.3) is 0 Å². The Morgan fingerprint density at radius 2 is 2.11 bits per heavy atom. The Labute approximate surface area is 111 Å². The Hall–Kier alpha value is -1.26. The van der Waals surface area contributed by atoms with Crippen molar-refractivity contribution in [2.45, 2.75) is 51.5 Å². The molecule has 1 aromatic rings. The Morgan fingerprint density at radius 3 is 2.94 bits per heavy atom. The summed E-state index contributed by atoms with van der Waals surface area (Å²) in [5.74, 6) is 2.69. The summed E-state index contributed by atoms with van der Waals surface area (Å²) in [6.45, 7) is 3.30. The first-order chi connectivity index (χ1) is 8.81. The van der Waals surface area contributed by atoms with Gasteiger partial charge in [-0.15, -0.1) is 12.3 Å². The second-order valence-corrected chi connectivity index (χ2v) is 5.22. The molecule has 0 fully saturated rings. The Bertz CT molecular complexity index is 428. The van der Waals surface area contributed by atoms with Gasteiger partial charge in [0.2, 0.25) is 0 Å². The molecule has 0 radical (unpaired) electrons. The van der Waals surface area contributed by atoms with Gasteiger partial charge in [-0.25, -0.2) is 0 Å². The Balaban J connectivity index is 1.82. The highest BCUT2D eigenvalue weighted by Gasteiger charge is 2.12. The average molecular weight is 241 g/mol. The standard InChI is InChI=1S/C17H23N/c1-3-4-5-6-12-18-14(2)16-11-10-15-8-7-9-17(15)13-16/h1,10-11,13-14,18H,4-9,12H2,2H3. The van der Waals surface area contributed by atoms with Crippen molar-refractivity contribution < 1.29 is 0 Å². The van der Waals surface area contributed by atoms with Gasteiger partial charge in [0.25, 0.3) is 0 Å². The number of hydrogen-bond acceptors (Lipinski definition) is 1. The number of nitrogens with one attached hydrogen (secondary N) is 1. The topological polar surface area (TPSA) is 12.0 Å². The van der Waals surface area contributed by atoms with E-state index < -0.39 is 0 Å². The summed E-state index contributed by atoms with van der Waals surface area (Å²) in [5.41, 5.74) is 4.54. The van der Waals surface area contributed by atoms with Crippen LogP contribution in [0.15, 0.2) is 18.2 Å². The van der Waals surface area contributed by atoms with Gasteiger partial charge in [-0.3, -0.25) is 0 Å². The van der Waals surface area contributed by atoms with Gasteiger partial charge < -0.3 is 5.32 Å². The highest BCUT2D eigenvalue weighted by atomic mass is 14.9. The molecule has 1 aliphatic rings. The van der Waals surface area contributed by atoms with Gasteiger partial charge in [-0.1, -0.05) is 18.2 Å². The average Bonchev–Trinajstić information content (AvgIpc) is 2.85. The van der Waals surface area contributed by atoms with Crippen LogP contribution in [0.2, 0.25) is 0 Å². The molecule has 0 aromatic heterocycles. The first-order valence-electron chi connectivity index (χ1n) is 7.10. The van der Waals surface area contributed by atoms with E-state index in [1.54, 1.807) is 11.1 Å². The molecule has 1 aromatic carbocycles. The minimum atomic E-state index is 0.446. The van der Waals surface area contributed by atoms with Crippen molar-refractivity contribution in [2.24, 2.45) is 0 Å². The second-order valence-electron chi connectivity index (χ2n) is 5.22. The first kappa shape index (κ1) is 13.2. The van der Waals surface area contributed by atoms with Crippen LogP contribution in [0.4, 0.5) is 0 Å². The third-order valence-corrected chi connectivity index (χ3v) is 3.82. The first-order valence-corrected chi connectivity index (χ1v) is 7.10. The van der Waals surface area contributed by atoms with E-state index in [1.807, 2.05) is 0 Å². The zero-order valence-electron chi connectivity index (χ0n) is 11.3. The molecule has 18 heavy (non-hydrogen) atoms. The van der Waals surface area contributed by atoms with E-state index in [9.17, 15) is 0 Å². The van der Waals surface area contributed by atoms with E-state index in [2.05, 4.69) is 36.4 Å². The molecule has 1 atom stereocenters. The van der Waals surface area contributed by atoms with Crippen LogP contribution in [0.5, 0.6) is 0 Å².